The molecular weight excluding hydrogens is 409 g/mol. The second-order valence-corrected chi connectivity index (χ2v) is 8.35. The van der Waals surface area contributed by atoms with Gasteiger partial charge in [0.1, 0.15) is 5.69 Å². The van der Waals surface area contributed by atoms with E-state index >= 15 is 0 Å². The fourth-order valence-corrected chi connectivity index (χ4v) is 5.32. The average Bonchev–Trinajstić information content (AvgIpc) is 3.12. The predicted octanol–water partition coefficient (Wildman–Crippen LogP) is 4.41. The predicted molar refractivity (Wildman–Crippen MR) is 97.0 cm³/mol. The molecule has 2 atom stereocenters. The van der Waals surface area contributed by atoms with Crippen LogP contribution in [0.15, 0.2) is 22.2 Å². The molecule has 2 heterocycles. The number of nitrogens with one attached hydrogen (secondary N) is 1. The van der Waals surface area contributed by atoms with Gasteiger partial charge in [0, 0.05) is 6.04 Å². The maximum absolute atomic E-state index is 15.0. The van der Waals surface area contributed by atoms with Crippen molar-refractivity contribution >= 4 is 39.1 Å². The van der Waals surface area contributed by atoms with E-state index in [2.05, 4.69) is 31.2 Å². The molecule has 0 aliphatic heterocycles. The fourth-order valence-electron chi connectivity index (χ4n) is 4.26. The molecule has 2 aromatic heterocycles. The van der Waals surface area contributed by atoms with Gasteiger partial charge in [-0.25, -0.2) is 14.4 Å². The van der Waals surface area contributed by atoms with Crippen LogP contribution in [0.5, 0.6) is 0 Å². The van der Waals surface area contributed by atoms with Gasteiger partial charge in [-0.15, -0.1) is 11.3 Å². The van der Waals surface area contributed by atoms with Crippen LogP contribution in [0.1, 0.15) is 25.7 Å². The number of nitrogens with zero attached hydrogens (tertiary/aromatic N) is 2. The normalized spacial score (nSPS) is 28.1. The van der Waals surface area contributed by atoms with Crippen molar-refractivity contribution in [2.75, 3.05) is 5.32 Å². The highest BCUT2D eigenvalue weighted by Gasteiger charge is 2.47. The number of aliphatic carboxylic acids is 1. The Balaban J connectivity index is 1.69. The van der Waals surface area contributed by atoms with E-state index in [0.29, 0.717) is 4.88 Å². The van der Waals surface area contributed by atoms with Crippen molar-refractivity contribution < 1.29 is 14.3 Å². The lowest BCUT2D eigenvalue weighted by Crippen LogP contribution is -2.51. The lowest BCUT2D eigenvalue weighted by atomic mass is 9.61. The number of carboxylic acids is 1. The molecular formula is C17H17BrFN3O2S. The minimum atomic E-state index is -0.807. The molecule has 3 aliphatic carbocycles. The van der Waals surface area contributed by atoms with Crippen LogP contribution in [0.3, 0.4) is 0 Å². The molecule has 0 aromatic carbocycles. The molecule has 2 bridgehead atoms. The topological polar surface area (TPSA) is 75.1 Å². The first-order valence-electron chi connectivity index (χ1n) is 8.31. The summed E-state index contributed by atoms with van der Waals surface area (Å²) in [6.45, 7) is 0. The van der Waals surface area contributed by atoms with Crippen LogP contribution in [0, 0.1) is 23.6 Å². The molecule has 5 rings (SSSR count). The third-order valence-corrected chi connectivity index (χ3v) is 6.62. The molecule has 2 aromatic rings. The monoisotopic (exact) mass is 425 g/mol. The van der Waals surface area contributed by atoms with Gasteiger partial charge in [-0.3, -0.25) is 4.79 Å². The molecule has 3 aliphatic rings. The minimum absolute atomic E-state index is 0.0778. The number of aromatic nitrogens is 2. The quantitative estimate of drug-likeness (QED) is 0.709. The van der Waals surface area contributed by atoms with Gasteiger partial charge in [0.15, 0.2) is 16.4 Å². The summed E-state index contributed by atoms with van der Waals surface area (Å²) in [6.07, 6.45) is 3.85. The van der Waals surface area contributed by atoms with Crippen molar-refractivity contribution in [2.45, 2.75) is 31.7 Å². The summed E-state index contributed by atoms with van der Waals surface area (Å²) in [7, 11) is 0. The zero-order valence-electron chi connectivity index (χ0n) is 13.3. The number of carboxylic acid groups (broad SMARTS) is 1. The number of hydrogen-bond donors (Lipinski definition) is 2. The van der Waals surface area contributed by atoms with Gasteiger partial charge in [0.25, 0.3) is 0 Å². The van der Waals surface area contributed by atoms with Crippen molar-refractivity contribution in [3.63, 3.8) is 0 Å². The summed E-state index contributed by atoms with van der Waals surface area (Å²) in [5, 5.41) is 14.6. The number of hydrogen-bond acceptors (Lipinski definition) is 5. The molecule has 3 fully saturated rings. The second-order valence-electron chi connectivity index (χ2n) is 6.69. The summed E-state index contributed by atoms with van der Waals surface area (Å²) in [6, 6.07) is 3.34. The Hall–Kier alpha value is -1.54. The minimum Gasteiger partial charge on any atom is -0.481 e. The molecule has 25 heavy (non-hydrogen) atoms. The van der Waals surface area contributed by atoms with Gasteiger partial charge >= 0.3 is 5.97 Å². The van der Waals surface area contributed by atoms with Crippen molar-refractivity contribution in [3.05, 3.63) is 28.1 Å². The Morgan fingerprint density at radius 3 is 2.64 bits per heavy atom. The second kappa shape index (κ2) is 6.64. The number of thiophene rings is 1. The van der Waals surface area contributed by atoms with Crippen LogP contribution in [-0.4, -0.2) is 27.1 Å². The van der Waals surface area contributed by atoms with Crippen LogP contribution in [-0.2, 0) is 4.79 Å². The maximum Gasteiger partial charge on any atom is 0.308 e. The Morgan fingerprint density at radius 1 is 1.28 bits per heavy atom. The summed E-state index contributed by atoms with van der Waals surface area (Å²) in [5.74, 6) is -1.36. The number of rotatable bonds is 4. The van der Waals surface area contributed by atoms with Gasteiger partial charge in [-0.05, 0) is 64.9 Å². The van der Waals surface area contributed by atoms with Crippen LogP contribution in [0.25, 0.3) is 10.6 Å². The first-order valence-corrected chi connectivity index (χ1v) is 9.98. The first kappa shape index (κ1) is 16.9. The van der Waals surface area contributed by atoms with Crippen LogP contribution < -0.4 is 5.32 Å². The van der Waals surface area contributed by atoms with E-state index in [0.717, 1.165) is 25.7 Å². The standard InChI is InChI=1S/C17H17BrFN3O2S/c18-17-21-14(10-2-1-7-25-10)12(19)15(22-17)20-13-9-5-3-8(4-6-9)11(13)16(23)24/h1-2,7-9,11,13H,3-6H2,(H,23,24)(H,20,21,22)/t8?,9?,11-,13-/m1/s1. The van der Waals surface area contributed by atoms with Crippen molar-refractivity contribution in [2.24, 2.45) is 17.8 Å². The van der Waals surface area contributed by atoms with Crippen molar-refractivity contribution in [1.29, 1.82) is 0 Å². The zero-order chi connectivity index (χ0) is 17.6. The average molecular weight is 426 g/mol. The maximum atomic E-state index is 15.0. The Morgan fingerprint density at radius 2 is 2.00 bits per heavy atom. The van der Waals surface area contributed by atoms with E-state index in [4.69, 9.17) is 0 Å². The summed E-state index contributed by atoms with van der Waals surface area (Å²) < 4.78 is 15.3. The molecule has 0 saturated heterocycles. The number of fused-ring (bicyclic) bond motifs is 3. The van der Waals surface area contributed by atoms with E-state index in [1.54, 1.807) is 6.07 Å². The van der Waals surface area contributed by atoms with E-state index in [1.807, 2.05) is 11.4 Å². The highest BCUT2D eigenvalue weighted by Crippen LogP contribution is 2.46. The lowest BCUT2D eigenvalue weighted by Gasteiger charge is -2.47. The molecule has 3 saturated carbocycles. The highest BCUT2D eigenvalue weighted by atomic mass is 79.9. The van der Waals surface area contributed by atoms with Gasteiger partial charge < -0.3 is 10.4 Å². The van der Waals surface area contributed by atoms with Gasteiger partial charge in [0.2, 0.25) is 0 Å². The summed E-state index contributed by atoms with van der Waals surface area (Å²) in [5.41, 5.74) is 0.229. The lowest BCUT2D eigenvalue weighted by molar-refractivity contribution is -0.148. The number of halogens is 2. The SMILES string of the molecule is O=C(O)[C@@H]1C2CCC(CC2)[C@H]1Nc1nc(Br)nc(-c2cccs2)c1F. The van der Waals surface area contributed by atoms with E-state index in [1.165, 1.54) is 11.3 Å². The largest absolute Gasteiger partial charge is 0.481 e. The molecule has 2 N–H and O–H groups in total. The van der Waals surface area contributed by atoms with E-state index in [9.17, 15) is 14.3 Å². The highest BCUT2D eigenvalue weighted by molar-refractivity contribution is 9.10. The molecule has 0 radical (unpaired) electrons. The molecule has 0 amide bonds. The smallest absolute Gasteiger partial charge is 0.308 e. The molecule has 0 spiro atoms. The van der Waals surface area contributed by atoms with Crippen LogP contribution in [0.4, 0.5) is 10.2 Å². The molecule has 8 heteroatoms. The summed E-state index contributed by atoms with van der Waals surface area (Å²) in [4.78, 5) is 20.8. The Bertz CT molecular complexity index is 793. The third-order valence-electron chi connectivity index (χ3n) is 5.39. The van der Waals surface area contributed by atoms with Crippen molar-refractivity contribution in [3.8, 4) is 10.6 Å². The molecule has 5 nitrogen and oxygen atoms in total. The van der Waals surface area contributed by atoms with Crippen molar-refractivity contribution in [1.82, 2.24) is 9.97 Å². The fraction of sp³-hybridized carbons (Fsp3) is 0.471. The number of anilines is 1. The van der Waals surface area contributed by atoms with Crippen LogP contribution in [0.2, 0.25) is 0 Å². The number of carbonyl (C=O) groups is 1. The van der Waals surface area contributed by atoms with Gasteiger partial charge in [0.05, 0.1) is 10.8 Å². The molecule has 132 valence electrons. The third kappa shape index (κ3) is 3.06. The first-order chi connectivity index (χ1) is 12.0. The Labute approximate surface area is 156 Å². The molecule has 0 unspecified atom stereocenters. The van der Waals surface area contributed by atoms with E-state index in [-0.39, 0.29) is 34.1 Å². The Kier molecular flexibility index (Phi) is 4.49. The van der Waals surface area contributed by atoms with Gasteiger partial charge in [-0.2, -0.15) is 0 Å². The zero-order valence-corrected chi connectivity index (χ0v) is 15.7. The van der Waals surface area contributed by atoms with E-state index < -0.39 is 17.7 Å². The van der Waals surface area contributed by atoms with Gasteiger partial charge in [-0.1, -0.05) is 6.07 Å². The van der Waals surface area contributed by atoms with Crippen LogP contribution >= 0.6 is 27.3 Å². The summed E-state index contributed by atoms with van der Waals surface area (Å²) >= 11 is 4.64.